The molecular formula is C15H22N2O3. The van der Waals surface area contributed by atoms with Gasteiger partial charge in [-0.3, -0.25) is 9.59 Å². The summed E-state index contributed by atoms with van der Waals surface area (Å²) < 4.78 is 5.77. The second kappa shape index (κ2) is 5.69. The van der Waals surface area contributed by atoms with Crippen LogP contribution in [-0.4, -0.2) is 55.9 Å². The molecule has 0 N–H and O–H groups in total. The molecule has 2 amide bonds. The van der Waals surface area contributed by atoms with Crippen LogP contribution in [0, 0.1) is 5.92 Å². The summed E-state index contributed by atoms with van der Waals surface area (Å²) in [7, 11) is 6.88. The highest BCUT2D eigenvalue weighted by atomic mass is 16.5. The Kier molecular flexibility index (Phi) is 4.16. The molecule has 20 heavy (non-hydrogen) atoms. The summed E-state index contributed by atoms with van der Waals surface area (Å²) in [6.07, 6.45) is 6.41. The van der Waals surface area contributed by atoms with Crippen LogP contribution in [0.5, 0.6) is 0 Å². The van der Waals surface area contributed by atoms with Gasteiger partial charge in [-0.25, -0.2) is 0 Å². The van der Waals surface area contributed by atoms with Gasteiger partial charge in [0.2, 0.25) is 11.8 Å². The van der Waals surface area contributed by atoms with Crippen molar-refractivity contribution in [1.29, 1.82) is 0 Å². The van der Waals surface area contributed by atoms with E-state index in [4.69, 9.17) is 4.74 Å². The van der Waals surface area contributed by atoms with Gasteiger partial charge in [0.15, 0.2) is 0 Å². The molecule has 2 aliphatic rings. The van der Waals surface area contributed by atoms with E-state index in [1.54, 1.807) is 39.2 Å². The van der Waals surface area contributed by atoms with Crippen LogP contribution in [-0.2, 0) is 14.3 Å². The molecule has 0 heterocycles. The Morgan fingerprint density at radius 2 is 1.80 bits per heavy atom. The second-order valence-corrected chi connectivity index (χ2v) is 5.80. The van der Waals surface area contributed by atoms with E-state index in [0.29, 0.717) is 17.8 Å². The van der Waals surface area contributed by atoms with Crippen LogP contribution in [0.2, 0.25) is 0 Å². The predicted molar refractivity (Wildman–Crippen MR) is 75.8 cm³/mol. The van der Waals surface area contributed by atoms with Crippen molar-refractivity contribution in [3.8, 4) is 0 Å². The van der Waals surface area contributed by atoms with Gasteiger partial charge >= 0.3 is 0 Å². The Bertz CT molecular complexity index is 474. The number of nitrogens with zero attached hydrogens (tertiary/aromatic N) is 2. The number of likely N-dealkylation sites (N-methyl/N-ethyl adjacent to an activating group) is 1. The first kappa shape index (κ1) is 14.6. The number of rotatable bonds is 4. The van der Waals surface area contributed by atoms with E-state index < -0.39 is 0 Å². The molecular weight excluding hydrogens is 256 g/mol. The minimum Gasteiger partial charge on any atom is -0.491 e. The maximum absolute atomic E-state index is 12.2. The molecule has 5 nitrogen and oxygen atoms in total. The molecule has 1 saturated carbocycles. The van der Waals surface area contributed by atoms with E-state index in [0.717, 1.165) is 12.8 Å². The number of carbonyl (C=O) groups is 2. The fourth-order valence-corrected chi connectivity index (χ4v) is 2.15. The Morgan fingerprint density at radius 3 is 2.30 bits per heavy atom. The molecule has 2 aliphatic carbocycles. The van der Waals surface area contributed by atoms with Crippen LogP contribution in [0.25, 0.3) is 0 Å². The third-order valence-electron chi connectivity index (χ3n) is 3.39. The molecule has 1 atom stereocenters. The number of hydrogen-bond acceptors (Lipinski definition) is 3. The zero-order valence-electron chi connectivity index (χ0n) is 12.5. The van der Waals surface area contributed by atoms with Gasteiger partial charge in [-0.2, -0.15) is 0 Å². The highest BCUT2D eigenvalue weighted by molar-refractivity contribution is 5.95. The topological polar surface area (TPSA) is 49.9 Å². The standard InChI is InChI=1S/C15H22N2O3/c1-16(2)14(18)10-7-11(15(19)17(3)4)9-13(8-10)20-12-5-6-12/h8-10,12H,5-7H2,1-4H3. The van der Waals surface area contributed by atoms with E-state index in [2.05, 4.69) is 0 Å². The number of hydrogen-bond donors (Lipinski definition) is 0. The van der Waals surface area contributed by atoms with Gasteiger partial charge in [0.25, 0.3) is 0 Å². The lowest BCUT2D eigenvalue weighted by Gasteiger charge is -2.24. The first-order valence-electron chi connectivity index (χ1n) is 6.90. The molecule has 0 aromatic heterocycles. The largest absolute Gasteiger partial charge is 0.491 e. The minimum atomic E-state index is -0.317. The molecule has 0 aromatic carbocycles. The van der Waals surface area contributed by atoms with Crippen molar-refractivity contribution in [2.75, 3.05) is 28.2 Å². The zero-order valence-corrected chi connectivity index (χ0v) is 12.5. The molecule has 0 saturated heterocycles. The quantitative estimate of drug-likeness (QED) is 0.775. The maximum atomic E-state index is 12.2. The van der Waals surface area contributed by atoms with E-state index >= 15 is 0 Å². The van der Waals surface area contributed by atoms with Gasteiger partial charge in [-0.05, 0) is 31.4 Å². The number of amides is 2. The molecule has 0 aliphatic heterocycles. The number of carbonyl (C=O) groups excluding carboxylic acids is 2. The smallest absolute Gasteiger partial charge is 0.249 e. The third-order valence-corrected chi connectivity index (χ3v) is 3.39. The van der Waals surface area contributed by atoms with E-state index in [-0.39, 0.29) is 23.8 Å². The molecule has 5 heteroatoms. The van der Waals surface area contributed by atoms with Gasteiger partial charge in [0, 0.05) is 33.8 Å². The monoisotopic (exact) mass is 278 g/mol. The Morgan fingerprint density at radius 1 is 1.15 bits per heavy atom. The zero-order chi connectivity index (χ0) is 14.9. The Hall–Kier alpha value is -1.78. The average Bonchev–Trinajstić information content (AvgIpc) is 3.20. The lowest BCUT2D eigenvalue weighted by atomic mass is 9.91. The summed E-state index contributed by atoms with van der Waals surface area (Å²) in [6, 6.07) is 0. The highest BCUT2D eigenvalue weighted by Gasteiger charge is 2.30. The normalized spacial score (nSPS) is 21.7. The Labute approximate surface area is 119 Å². The van der Waals surface area contributed by atoms with Crippen molar-refractivity contribution >= 4 is 11.8 Å². The van der Waals surface area contributed by atoms with E-state index in [1.807, 2.05) is 6.08 Å². The van der Waals surface area contributed by atoms with Crippen molar-refractivity contribution in [2.45, 2.75) is 25.4 Å². The summed E-state index contributed by atoms with van der Waals surface area (Å²) in [5.74, 6) is 0.275. The first-order valence-corrected chi connectivity index (χ1v) is 6.90. The summed E-state index contributed by atoms with van der Waals surface area (Å²) in [6.45, 7) is 0. The lowest BCUT2D eigenvalue weighted by Crippen LogP contribution is -2.33. The molecule has 1 fully saturated rings. The lowest BCUT2D eigenvalue weighted by molar-refractivity contribution is -0.131. The molecule has 1 unspecified atom stereocenters. The van der Waals surface area contributed by atoms with Crippen molar-refractivity contribution in [3.63, 3.8) is 0 Å². The molecule has 0 spiro atoms. The van der Waals surface area contributed by atoms with Crippen LogP contribution in [0.15, 0.2) is 23.5 Å². The second-order valence-electron chi connectivity index (χ2n) is 5.80. The van der Waals surface area contributed by atoms with Crippen LogP contribution in [0.4, 0.5) is 0 Å². The molecule has 110 valence electrons. The van der Waals surface area contributed by atoms with Crippen molar-refractivity contribution in [3.05, 3.63) is 23.5 Å². The molecule has 0 aromatic rings. The van der Waals surface area contributed by atoms with E-state index in [1.165, 1.54) is 4.90 Å². The summed E-state index contributed by atoms with van der Waals surface area (Å²) in [5.41, 5.74) is 0.633. The van der Waals surface area contributed by atoms with Crippen molar-refractivity contribution in [1.82, 2.24) is 9.80 Å². The molecule has 2 rings (SSSR count). The first-order chi connectivity index (χ1) is 9.38. The Balaban J connectivity index is 2.20. The van der Waals surface area contributed by atoms with Gasteiger partial charge in [0.1, 0.15) is 5.76 Å². The van der Waals surface area contributed by atoms with Gasteiger partial charge < -0.3 is 14.5 Å². The fraction of sp³-hybridized carbons (Fsp3) is 0.600. The number of allylic oxidation sites excluding steroid dienone is 1. The van der Waals surface area contributed by atoms with Crippen LogP contribution in [0.3, 0.4) is 0 Å². The van der Waals surface area contributed by atoms with Crippen LogP contribution >= 0.6 is 0 Å². The van der Waals surface area contributed by atoms with Crippen LogP contribution < -0.4 is 0 Å². The highest BCUT2D eigenvalue weighted by Crippen LogP contribution is 2.31. The minimum absolute atomic E-state index is 0.000877. The molecule has 0 radical (unpaired) electrons. The van der Waals surface area contributed by atoms with Crippen molar-refractivity contribution < 1.29 is 14.3 Å². The summed E-state index contributed by atoms with van der Waals surface area (Å²) in [5, 5.41) is 0. The van der Waals surface area contributed by atoms with Gasteiger partial charge in [0.05, 0.1) is 12.0 Å². The van der Waals surface area contributed by atoms with Crippen LogP contribution in [0.1, 0.15) is 19.3 Å². The van der Waals surface area contributed by atoms with Gasteiger partial charge in [-0.15, -0.1) is 0 Å². The molecule has 0 bridgehead atoms. The fourth-order valence-electron chi connectivity index (χ4n) is 2.15. The maximum Gasteiger partial charge on any atom is 0.249 e. The van der Waals surface area contributed by atoms with Crippen molar-refractivity contribution in [2.24, 2.45) is 5.92 Å². The summed E-state index contributed by atoms with van der Waals surface area (Å²) in [4.78, 5) is 27.4. The third kappa shape index (κ3) is 3.40. The predicted octanol–water partition coefficient (Wildman–Crippen LogP) is 1.17. The SMILES string of the molecule is CN(C)C(=O)C1=CC(OC2CC2)=CC(C(=O)N(C)C)C1. The summed E-state index contributed by atoms with van der Waals surface area (Å²) >= 11 is 0. The van der Waals surface area contributed by atoms with Gasteiger partial charge in [-0.1, -0.05) is 0 Å². The van der Waals surface area contributed by atoms with E-state index in [9.17, 15) is 9.59 Å². The number of ether oxygens (including phenoxy) is 1. The average molecular weight is 278 g/mol.